The number of rotatable bonds is 4. The smallest absolute Gasteiger partial charge is 0.253 e. The van der Waals surface area contributed by atoms with Gasteiger partial charge in [0.1, 0.15) is 0 Å². The largest absolute Gasteiger partial charge is 0.339 e. The van der Waals surface area contributed by atoms with Crippen molar-refractivity contribution < 1.29 is 22.8 Å². The zero-order chi connectivity index (χ0) is 23.8. The van der Waals surface area contributed by atoms with E-state index in [0.717, 1.165) is 17.7 Å². The number of nitrogens with two attached hydrogens (primary N) is 1. The first kappa shape index (κ1) is 22.9. The SMILES string of the molecule is CC(=O)N1CCc2cc(C(=O)N3CCC(C(=O)Nc4ccc(S(N)(=O)=O)cc4)CC3)ccc21. The van der Waals surface area contributed by atoms with Gasteiger partial charge in [0.2, 0.25) is 21.8 Å². The maximum absolute atomic E-state index is 13.0. The third kappa shape index (κ3) is 4.91. The molecule has 0 saturated carbocycles. The minimum atomic E-state index is -3.78. The predicted molar refractivity (Wildman–Crippen MR) is 123 cm³/mol. The lowest BCUT2D eigenvalue weighted by Crippen LogP contribution is -2.41. The number of hydrogen-bond donors (Lipinski definition) is 2. The summed E-state index contributed by atoms with van der Waals surface area (Å²) in [5.41, 5.74) is 2.95. The van der Waals surface area contributed by atoms with Crippen LogP contribution in [0, 0.1) is 5.92 Å². The van der Waals surface area contributed by atoms with Crippen molar-refractivity contribution in [3.05, 3.63) is 53.6 Å². The summed E-state index contributed by atoms with van der Waals surface area (Å²) >= 11 is 0. The molecular weight excluding hydrogens is 444 g/mol. The lowest BCUT2D eigenvalue weighted by molar-refractivity contribution is -0.121. The molecule has 3 amide bonds. The van der Waals surface area contributed by atoms with Gasteiger partial charge in [-0.3, -0.25) is 14.4 Å². The fourth-order valence-electron chi connectivity index (χ4n) is 4.36. The first-order chi connectivity index (χ1) is 15.6. The first-order valence-electron chi connectivity index (χ1n) is 10.8. The number of nitrogens with zero attached hydrogens (tertiary/aromatic N) is 2. The van der Waals surface area contributed by atoms with Gasteiger partial charge in [-0.1, -0.05) is 0 Å². The molecule has 33 heavy (non-hydrogen) atoms. The minimum Gasteiger partial charge on any atom is -0.339 e. The number of carbonyl (C=O) groups excluding carboxylic acids is 3. The Morgan fingerprint density at radius 2 is 1.67 bits per heavy atom. The van der Waals surface area contributed by atoms with Crippen molar-refractivity contribution in [3.63, 3.8) is 0 Å². The molecular formula is C23H26N4O5S. The van der Waals surface area contributed by atoms with Gasteiger partial charge in [0.15, 0.2) is 0 Å². The average molecular weight is 471 g/mol. The summed E-state index contributed by atoms with van der Waals surface area (Å²) in [4.78, 5) is 40.8. The number of anilines is 2. The van der Waals surface area contributed by atoms with Gasteiger partial charge in [0.05, 0.1) is 4.90 Å². The van der Waals surface area contributed by atoms with E-state index < -0.39 is 10.0 Å². The summed E-state index contributed by atoms with van der Waals surface area (Å²) in [6, 6.07) is 11.1. The van der Waals surface area contributed by atoms with Crippen LogP contribution in [0.4, 0.5) is 11.4 Å². The number of fused-ring (bicyclic) bond motifs is 1. The van der Waals surface area contributed by atoms with Crippen molar-refractivity contribution in [1.29, 1.82) is 0 Å². The maximum atomic E-state index is 13.0. The summed E-state index contributed by atoms with van der Waals surface area (Å²) < 4.78 is 22.7. The lowest BCUT2D eigenvalue weighted by atomic mass is 9.95. The standard InChI is InChI=1S/C23H26N4O5S/c1-15(28)27-13-10-17-14-18(2-7-21(17)27)23(30)26-11-8-16(9-12-26)22(29)25-19-3-5-20(6-4-19)33(24,31)32/h2-7,14,16H,8-13H2,1H3,(H,25,29)(H2,24,31,32). The molecule has 2 aromatic rings. The summed E-state index contributed by atoms with van der Waals surface area (Å²) in [7, 11) is -3.78. The Balaban J connectivity index is 1.33. The number of amides is 3. The molecule has 2 aromatic carbocycles. The molecule has 0 unspecified atom stereocenters. The average Bonchev–Trinajstić information content (AvgIpc) is 3.22. The van der Waals surface area contributed by atoms with Crippen LogP contribution in [0.25, 0.3) is 0 Å². The van der Waals surface area contributed by atoms with Crippen LogP contribution in [0.2, 0.25) is 0 Å². The molecule has 2 aliphatic rings. The fourth-order valence-corrected chi connectivity index (χ4v) is 4.88. The Morgan fingerprint density at radius 1 is 1.00 bits per heavy atom. The van der Waals surface area contributed by atoms with Crippen LogP contribution in [0.5, 0.6) is 0 Å². The molecule has 0 spiro atoms. The molecule has 9 nitrogen and oxygen atoms in total. The molecule has 0 aliphatic carbocycles. The first-order valence-corrected chi connectivity index (χ1v) is 12.3. The van der Waals surface area contributed by atoms with E-state index in [1.54, 1.807) is 15.9 Å². The molecule has 0 aromatic heterocycles. The molecule has 1 fully saturated rings. The number of primary sulfonamides is 1. The van der Waals surface area contributed by atoms with Crippen LogP contribution < -0.4 is 15.4 Å². The van der Waals surface area contributed by atoms with Gasteiger partial charge in [-0.25, -0.2) is 13.6 Å². The summed E-state index contributed by atoms with van der Waals surface area (Å²) in [6.45, 7) is 3.11. The number of sulfonamides is 1. The van der Waals surface area contributed by atoms with Crippen LogP contribution >= 0.6 is 0 Å². The molecule has 0 atom stereocenters. The van der Waals surface area contributed by atoms with Gasteiger partial charge in [-0.05, 0) is 67.3 Å². The van der Waals surface area contributed by atoms with Crippen LogP contribution in [-0.2, 0) is 26.0 Å². The van der Waals surface area contributed by atoms with Crippen molar-refractivity contribution in [2.45, 2.75) is 31.1 Å². The molecule has 0 radical (unpaired) electrons. The van der Waals surface area contributed by atoms with E-state index in [1.165, 1.54) is 31.2 Å². The van der Waals surface area contributed by atoms with E-state index in [0.29, 0.717) is 43.7 Å². The molecule has 3 N–H and O–H groups in total. The van der Waals surface area contributed by atoms with Gasteiger partial charge in [-0.15, -0.1) is 0 Å². The lowest BCUT2D eigenvalue weighted by Gasteiger charge is -2.31. The highest BCUT2D eigenvalue weighted by molar-refractivity contribution is 7.89. The highest BCUT2D eigenvalue weighted by Crippen LogP contribution is 2.30. The highest BCUT2D eigenvalue weighted by atomic mass is 32.2. The molecule has 4 rings (SSSR count). The highest BCUT2D eigenvalue weighted by Gasteiger charge is 2.29. The monoisotopic (exact) mass is 470 g/mol. The van der Waals surface area contributed by atoms with Crippen LogP contribution in [0.15, 0.2) is 47.4 Å². The van der Waals surface area contributed by atoms with Crippen LogP contribution in [0.3, 0.4) is 0 Å². The Kier molecular flexibility index (Phi) is 6.22. The maximum Gasteiger partial charge on any atom is 0.253 e. The second-order valence-corrected chi connectivity index (χ2v) is 9.95. The van der Waals surface area contributed by atoms with Gasteiger partial charge < -0.3 is 15.1 Å². The third-order valence-corrected chi connectivity index (χ3v) is 7.13. The Bertz CT molecular complexity index is 1200. The van der Waals surface area contributed by atoms with E-state index in [9.17, 15) is 22.8 Å². The molecule has 2 heterocycles. The van der Waals surface area contributed by atoms with E-state index in [4.69, 9.17) is 5.14 Å². The third-order valence-electron chi connectivity index (χ3n) is 6.21. The number of hydrogen-bond acceptors (Lipinski definition) is 5. The zero-order valence-corrected chi connectivity index (χ0v) is 19.1. The Hall–Kier alpha value is -3.24. The summed E-state index contributed by atoms with van der Waals surface area (Å²) in [6.07, 6.45) is 1.81. The van der Waals surface area contributed by atoms with Gasteiger partial charge in [0, 0.05) is 49.4 Å². The van der Waals surface area contributed by atoms with Gasteiger partial charge >= 0.3 is 0 Å². The minimum absolute atomic E-state index is 0.00599. The molecule has 0 bridgehead atoms. The van der Waals surface area contributed by atoms with Crippen molar-refractivity contribution in [1.82, 2.24) is 4.90 Å². The second-order valence-electron chi connectivity index (χ2n) is 8.39. The Morgan fingerprint density at radius 3 is 2.27 bits per heavy atom. The quantitative estimate of drug-likeness (QED) is 0.703. The van der Waals surface area contributed by atoms with Gasteiger partial charge in [0.25, 0.3) is 5.91 Å². The number of nitrogens with one attached hydrogen (secondary N) is 1. The number of carbonyl (C=O) groups is 3. The zero-order valence-electron chi connectivity index (χ0n) is 18.3. The number of piperidine rings is 1. The number of benzene rings is 2. The van der Waals surface area contributed by atoms with E-state index in [-0.39, 0.29) is 28.5 Å². The predicted octanol–water partition coefficient (Wildman–Crippen LogP) is 1.73. The van der Waals surface area contributed by atoms with Crippen molar-refractivity contribution in [3.8, 4) is 0 Å². The summed E-state index contributed by atoms with van der Waals surface area (Å²) in [5.74, 6) is -0.478. The molecule has 10 heteroatoms. The summed E-state index contributed by atoms with van der Waals surface area (Å²) in [5, 5.41) is 7.88. The Labute approximate surface area is 192 Å². The topological polar surface area (TPSA) is 130 Å². The molecule has 2 aliphatic heterocycles. The van der Waals surface area contributed by atoms with Gasteiger partial charge in [-0.2, -0.15) is 0 Å². The molecule has 1 saturated heterocycles. The van der Waals surface area contributed by atoms with Crippen LogP contribution in [-0.4, -0.2) is 50.7 Å². The van der Waals surface area contributed by atoms with Crippen molar-refractivity contribution in [2.75, 3.05) is 29.9 Å². The van der Waals surface area contributed by atoms with Crippen molar-refractivity contribution >= 4 is 39.1 Å². The van der Waals surface area contributed by atoms with Crippen LogP contribution in [0.1, 0.15) is 35.7 Å². The van der Waals surface area contributed by atoms with E-state index >= 15 is 0 Å². The second kappa shape index (κ2) is 8.95. The number of likely N-dealkylation sites (tertiary alicyclic amines) is 1. The van der Waals surface area contributed by atoms with E-state index in [2.05, 4.69) is 5.32 Å². The van der Waals surface area contributed by atoms with E-state index in [1.807, 2.05) is 12.1 Å². The molecule has 174 valence electrons. The fraction of sp³-hybridized carbons (Fsp3) is 0.348. The normalized spacial score (nSPS) is 16.4. The van der Waals surface area contributed by atoms with Crippen molar-refractivity contribution in [2.24, 2.45) is 11.1 Å².